The number of nitrogens with one attached hydrogen (secondary N) is 1. The summed E-state index contributed by atoms with van der Waals surface area (Å²) < 4.78 is 10.6. The lowest BCUT2D eigenvalue weighted by molar-refractivity contribution is -0.124. The Morgan fingerprint density at radius 3 is 2.62 bits per heavy atom. The number of ether oxygens (including phenoxy) is 2. The van der Waals surface area contributed by atoms with Crippen LogP contribution in [0.15, 0.2) is 47.4 Å². The molecule has 1 saturated heterocycles. The summed E-state index contributed by atoms with van der Waals surface area (Å²) in [6, 6.07) is 13.6. The van der Waals surface area contributed by atoms with Crippen molar-refractivity contribution in [1.82, 2.24) is 10.2 Å². The fourth-order valence-corrected chi connectivity index (χ4v) is 4.31. The minimum Gasteiger partial charge on any atom is -0.454 e. The highest BCUT2D eigenvalue weighted by Gasteiger charge is 2.34. The van der Waals surface area contributed by atoms with Crippen molar-refractivity contribution in [3.8, 4) is 11.5 Å². The first-order chi connectivity index (χ1) is 15.5. The van der Waals surface area contributed by atoms with Crippen LogP contribution in [0, 0.1) is 0 Å². The molecule has 0 aliphatic carbocycles. The highest BCUT2D eigenvalue weighted by molar-refractivity contribution is 8.18. The summed E-state index contributed by atoms with van der Waals surface area (Å²) in [5.41, 5.74) is 3.12. The maximum absolute atomic E-state index is 12.6. The Labute approximate surface area is 190 Å². The van der Waals surface area contributed by atoms with Crippen LogP contribution in [0.25, 0.3) is 6.08 Å². The van der Waals surface area contributed by atoms with Gasteiger partial charge in [0.15, 0.2) is 11.5 Å². The van der Waals surface area contributed by atoms with Gasteiger partial charge in [0.1, 0.15) is 0 Å². The lowest BCUT2D eigenvalue weighted by atomic mass is 10.1. The van der Waals surface area contributed by atoms with E-state index in [0.29, 0.717) is 29.2 Å². The number of nitrogens with zero attached hydrogens (tertiary/aromatic N) is 1. The zero-order valence-corrected chi connectivity index (χ0v) is 18.6. The molecule has 0 saturated carbocycles. The smallest absolute Gasteiger partial charge is 0.293 e. The Kier molecular flexibility index (Phi) is 6.80. The third kappa shape index (κ3) is 5.13. The molecule has 4 rings (SSSR count). The number of hydrogen-bond acceptors (Lipinski definition) is 6. The quantitative estimate of drug-likeness (QED) is 0.614. The number of carbonyl (C=O) groups is 3. The van der Waals surface area contributed by atoms with Crippen molar-refractivity contribution in [3.05, 3.63) is 64.1 Å². The molecular formula is C24H24N2O5S. The van der Waals surface area contributed by atoms with Crippen LogP contribution in [0.5, 0.6) is 11.5 Å². The standard InChI is InChI=1S/C24H24N2O5S/c1-2-16-3-5-17(6-4-16)8-10-22(27)25-11-12-26-23(28)21(32-24(26)29)14-18-7-9-19-20(13-18)31-15-30-19/h3-7,9,13-14H,2,8,10-12,15H2,1H3,(H,25,27). The zero-order chi connectivity index (χ0) is 22.5. The maximum atomic E-state index is 12.6. The number of fused-ring (bicyclic) bond motifs is 1. The van der Waals surface area contributed by atoms with Crippen molar-refractivity contribution >= 4 is 34.9 Å². The number of imide groups is 1. The molecular weight excluding hydrogens is 428 g/mol. The van der Waals surface area contributed by atoms with Gasteiger partial charge in [-0.3, -0.25) is 19.3 Å². The van der Waals surface area contributed by atoms with E-state index in [1.165, 1.54) is 5.56 Å². The minimum absolute atomic E-state index is 0.104. The second-order valence-electron chi connectivity index (χ2n) is 7.47. The van der Waals surface area contributed by atoms with Gasteiger partial charge < -0.3 is 14.8 Å². The van der Waals surface area contributed by atoms with E-state index in [4.69, 9.17) is 9.47 Å². The number of carbonyl (C=O) groups excluding carboxylic acids is 3. The van der Waals surface area contributed by atoms with Crippen molar-refractivity contribution in [3.63, 3.8) is 0 Å². The van der Waals surface area contributed by atoms with Crippen LogP contribution in [0.4, 0.5) is 4.79 Å². The number of rotatable bonds is 8. The maximum Gasteiger partial charge on any atom is 0.293 e. The van der Waals surface area contributed by atoms with Crippen LogP contribution < -0.4 is 14.8 Å². The average molecular weight is 453 g/mol. The molecule has 0 radical (unpaired) electrons. The largest absolute Gasteiger partial charge is 0.454 e. The van der Waals surface area contributed by atoms with Crippen LogP contribution in [0.3, 0.4) is 0 Å². The highest BCUT2D eigenvalue weighted by atomic mass is 32.2. The Balaban J connectivity index is 1.25. The van der Waals surface area contributed by atoms with Gasteiger partial charge in [-0.15, -0.1) is 0 Å². The SMILES string of the molecule is CCc1ccc(CCC(=O)NCCN2C(=O)SC(=Cc3ccc4c(c3)OCO4)C2=O)cc1. The summed E-state index contributed by atoms with van der Waals surface area (Å²) >= 11 is 0.893. The van der Waals surface area contributed by atoms with Crippen LogP contribution in [0.2, 0.25) is 0 Å². The van der Waals surface area contributed by atoms with E-state index in [1.54, 1.807) is 24.3 Å². The number of aryl methyl sites for hydroxylation is 2. The van der Waals surface area contributed by atoms with Crippen molar-refractivity contribution < 1.29 is 23.9 Å². The molecule has 1 N–H and O–H groups in total. The Bertz CT molecular complexity index is 1060. The third-order valence-corrected chi connectivity index (χ3v) is 6.20. The molecule has 0 atom stereocenters. The van der Waals surface area contributed by atoms with Crippen molar-refractivity contribution in [2.75, 3.05) is 19.9 Å². The number of amides is 3. The molecule has 32 heavy (non-hydrogen) atoms. The molecule has 0 unspecified atom stereocenters. The summed E-state index contributed by atoms with van der Waals surface area (Å²) in [7, 11) is 0. The second-order valence-corrected chi connectivity index (χ2v) is 8.46. The topological polar surface area (TPSA) is 84.9 Å². The zero-order valence-electron chi connectivity index (χ0n) is 17.8. The lowest BCUT2D eigenvalue weighted by Gasteiger charge is -2.13. The van der Waals surface area contributed by atoms with Crippen LogP contribution in [0.1, 0.15) is 30.0 Å². The van der Waals surface area contributed by atoms with Gasteiger partial charge in [-0.2, -0.15) is 0 Å². The van der Waals surface area contributed by atoms with Crippen molar-refractivity contribution in [1.29, 1.82) is 0 Å². The van der Waals surface area contributed by atoms with E-state index in [0.717, 1.165) is 34.2 Å². The summed E-state index contributed by atoms with van der Waals surface area (Å²) in [5.74, 6) is 0.807. The van der Waals surface area contributed by atoms with E-state index >= 15 is 0 Å². The van der Waals surface area contributed by atoms with Crippen LogP contribution in [-0.2, 0) is 22.4 Å². The molecule has 0 bridgehead atoms. The summed E-state index contributed by atoms with van der Waals surface area (Å²) in [4.78, 5) is 38.6. The van der Waals surface area contributed by atoms with Gasteiger partial charge in [0, 0.05) is 19.5 Å². The third-order valence-electron chi connectivity index (χ3n) is 5.30. The molecule has 2 aliphatic heterocycles. The molecule has 3 amide bonds. The fourth-order valence-electron chi connectivity index (χ4n) is 3.44. The molecule has 2 aliphatic rings. The van der Waals surface area contributed by atoms with E-state index < -0.39 is 0 Å². The summed E-state index contributed by atoms with van der Waals surface area (Å²) in [5, 5.41) is 2.45. The number of hydrogen-bond donors (Lipinski definition) is 1. The van der Waals surface area contributed by atoms with E-state index in [2.05, 4.69) is 24.4 Å². The second kappa shape index (κ2) is 9.91. The van der Waals surface area contributed by atoms with Gasteiger partial charge in [0.25, 0.3) is 11.1 Å². The Hall–Kier alpha value is -3.26. The fraction of sp³-hybridized carbons (Fsp3) is 0.292. The van der Waals surface area contributed by atoms with E-state index in [1.807, 2.05) is 12.1 Å². The number of benzene rings is 2. The molecule has 0 spiro atoms. The Morgan fingerprint density at radius 1 is 1.09 bits per heavy atom. The normalized spacial score (nSPS) is 16.2. The average Bonchev–Trinajstić information content (AvgIpc) is 3.37. The predicted molar refractivity (Wildman–Crippen MR) is 122 cm³/mol. The molecule has 2 heterocycles. The van der Waals surface area contributed by atoms with Gasteiger partial charge in [-0.25, -0.2) is 0 Å². The highest BCUT2D eigenvalue weighted by Crippen LogP contribution is 2.36. The van der Waals surface area contributed by atoms with E-state index in [-0.39, 0.29) is 36.9 Å². The van der Waals surface area contributed by atoms with Crippen molar-refractivity contribution in [2.24, 2.45) is 0 Å². The van der Waals surface area contributed by atoms with Crippen LogP contribution >= 0.6 is 11.8 Å². The molecule has 2 aromatic carbocycles. The molecule has 0 aromatic heterocycles. The monoisotopic (exact) mass is 452 g/mol. The van der Waals surface area contributed by atoms with Gasteiger partial charge in [0.2, 0.25) is 12.7 Å². The molecule has 166 valence electrons. The van der Waals surface area contributed by atoms with Gasteiger partial charge >= 0.3 is 0 Å². The summed E-state index contributed by atoms with van der Waals surface area (Å²) in [6.45, 7) is 2.64. The molecule has 8 heteroatoms. The minimum atomic E-state index is -0.358. The van der Waals surface area contributed by atoms with Crippen LogP contribution in [-0.4, -0.2) is 41.8 Å². The predicted octanol–water partition coefficient (Wildman–Crippen LogP) is 3.76. The lowest BCUT2D eigenvalue weighted by Crippen LogP contribution is -2.37. The summed E-state index contributed by atoms with van der Waals surface area (Å²) in [6.07, 6.45) is 3.66. The van der Waals surface area contributed by atoms with Gasteiger partial charge in [-0.1, -0.05) is 37.3 Å². The van der Waals surface area contributed by atoms with Gasteiger partial charge in [-0.05, 0) is 59.5 Å². The first-order valence-corrected chi connectivity index (χ1v) is 11.3. The first-order valence-electron chi connectivity index (χ1n) is 10.5. The first kappa shape index (κ1) is 22.0. The van der Waals surface area contributed by atoms with Gasteiger partial charge in [0.05, 0.1) is 4.91 Å². The molecule has 2 aromatic rings. The van der Waals surface area contributed by atoms with Crippen molar-refractivity contribution in [2.45, 2.75) is 26.2 Å². The molecule has 1 fully saturated rings. The molecule has 7 nitrogen and oxygen atoms in total. The number of thioether (sulfide) groups is 1. The van der Waals surface area contributed by atoms with E-state index in [9.17, 15) is 14.4 Å². The Morgan fingerprint density at radius 2 is 1.84 bits per heavy atom.